The summed E-state index contributed by atoms with van der Waals surface area (Å²) in [7, 11) is 0. The lowest BCUT2D eigenvalue weighted by molar-refractivity contribution is -0.136. The summed E-state index contributed by atoms with van der Waals surface area (Å²) in [4.78, 5) is 23.2. The highest BCUT2D eigenvalue weighted by molar-refractivity contribution is 9.10. The van der Waals surface area contributed by atoms with Crippen molar-refractivity contribution >= 4 is 39.6 Å². The van der Waals surface area contributed by atoms with Gasteiger partial charge in [0.05, 0.1) is 6.21 Å². The fraction of sp³-hybridized carbons (Fsp3) is 0. The van der Waals surface area contributed by atoms with Crippen LogP contribution in [0, 0.1) is 5.82 Å². The molecule has 0 spiro atoms. The van der Waals surface area contributed by atoms with Crippen LogP contribution in [0.2, 0.25) is 0 Å². The number of hydrogen-bond donors (Lipinski definition) is 2. The number of rotatable bonds is 3. The van der Waals surface area contributed by atoms with Crippen molar-refractivity contribution in [1.29, 1.82) is 0 Å². The van der Waals surface area contributed by atoms with Crippen molar-refractivity contribution in [3.05, 3.63) is 64.4 Å². The Morgan fingerprint density at radius 3 is 2.41 bits per heavy atom. The number of amides is 2. The molecule has 0 bridgehead atoms. The normalized spacial score (nSPS) is 10.5. The zero-order valence-electron chi connectivity index (χ0n) is 11.2. The van der Waals surface area contributed by atoms with E-state index in [2.05, 4.69) is 31.8 Å². The number of anilines is 1. The Hall–Kier alpha value is -2.54. The van der Waals surface area contributed by atoms with Gasteiger partial charge < -0.3 is 5.32 Å². The second kappa shape index (κ2) is 7.46. The average Bonchev–Trinajstić information content (AvgIpc) is 2.51. The summed E-state index contributed by atoms with van der Waals surface area (Å²) in [6.07, 6.45) is 1.41. The summed E-state index contributed by atoms with van der Waals surface area (Å²) in [5.74, 6) is -2.25. The molecule has 0 saturated carbocycles. The Morgan fingerprint density at radius 2 is 1.73 bits per heavy atom. The number of halogens is 2. The molecule has 0 fully saturated rings. The van der Waals surface area contributed by atoms with Crippen LogP contribution in [0.15, 0.2) is 58.1 Å². The standard InChI is InChI=1S/C15H11BrFN3O2/c16-13-4-2-1-3-10(13)9-18-20-15(22)14(21)19-12-7-5-11(17)6-8-12/h1-9H,(H,19,21)(H,20,22)/b18-9-. The lowest BCUT2D eigenvalue weighted by Crippen LogP contribution is -2.32. The van der Waals surface area contributed by atoms with E-state index < -0.39 is 17.6 Å². The maximum absolute atomic E-state index is 12.7. The van der Waals surface area contributed by atoms with Crippen LogP contribution >= 0.6 is 15.9 Å². The first-order chi connectivity index (χ1) is 10.6. The molecule has 2 amide bonds. The summed E-state index contributed by atoms with van der Waals surface area (Å²) < 4.78 is 13.5. The van der Waals surface area contributed by atoms with Gasteiger partial charge in [0, 0.05) is 15.7 Å². The monoisotopic (exact) mass is 363 g/mol. The van der Waals surface area contributed by atoms with Gasteiger partial charge in [-0.1, -0.05) is 34.1 Å². The smallest absolute Gasteiger partial charge is 0.318 e. The van der Waals surface area contributed by atoms with Gasteiger partial charge in [-0.25, -0.2) is 9.82 Å². The Balaban J connectivity index is 1.90. The number of nitrogens with zero attached hydrogens (tertiary/aromatic N) is 1. The van der Waals surface area contributed by atoms with Crippen molar-refractivity contribution in [2.24, 2.45) is 5.10 Å². The van der Waals surface area contributed by atoms with Gasteiger partial charge in [0.2, 0.25) is 0 Å². The van der Waals surface area contributed by atoms with Gasteiger partial charge >= 0.3 is 11.8 Å². The van der Waals surface area contributed by atoms with Crippen LogP contribution < -0.4 is 10.7 Å². The van der Waals surface area contributed by atoms with E-state index in [1.807, 2.05) is 18.2 Å². The minimum absolute atomic E-state index is 0.316. The summed E-state index contributed by atoms with van der Waals surface area (Å²) in [6, 6.07) is 12.3. The lowest BCUT2D eigenvalue weighted by atomic mass is 10.2. The van der Waals surface area contributed by atoms with Gasteiger partial charge in [-0.05, 0) is 30.3 Å². The molecule has 0 aromatic heterocycles. The maximum Gasteiger partial charge on any atom is 0.329 e. The molecule has 0 unspecified atom stereocenters. The number of hydrogen-bond acceptors (Lipinski definition) is 3. The average molecular weight is 364 g/mol. The number of benzene rings is 2. The minimum Gasteiger partial charge on any atom is -0.318 e. The van der Waals surface area contributed by atoms with E-state index in [1.165, 1.54) is 30.5 Å². The van der Waals surface area contributed by atoms with Gasteiger partial charge in [0.1, 0.15) is 5.82 Å². The largest absolute Gasteiger partial charge is 0.329 e. The molecule has 2 rings (SSSR count). The molecule has 2 aromatic rings. The number of carbonyl (C=O) groups is 2. The van der Waals surface area contributed by atoms with E-state index in [1.54, 1.807) is 6.07 Å². The van der Waals surface area contributed by atoms with Crippen LogP contribution in [-0.4, -0.2) is 18.0 Å². The molecular formula is C15H11BrFN3O2. The van der Waals surface area contributed by atoms with Crippen LogP contribution in [0.1, 0.15) is 5.56 Å². The maximum atomic E-state index is 12.7. The van der Waals surface area contributed by atoms with Crippen LogP contribution in [0.3, 0.4) is 0 Å². The zero-order valence-corrected chi connectivity index (χ0v) is 12.8. The Labute approximate surface area is 134 Å². The van der Waals surface area contributed by atoms with Crippen LogP contribution in [-0.2, 0) is 9.59 Å². The van der Waals surface area contributed by atoms with E-state index in [-0.39, 0.29) is 0 Å². The van der Waals surface area contributed by atoms with Crippen LogP contribution in [0.5, 0.6) is 0 Å². The van der Waals surface area contributed by atoms with E-state index in [0.717, 1.165) is 10.0 Å². The molecular weight excluding hydrogens is 353 g/mol. The van der Waals surface area contributed by atoms with Crippen LogP contribution in [0.4, 0.5) is 10.1 Å². The topological polar surface area (TPSA) is 70.6 Å². The summed E-state index contributed by atoms with van der Waals surface area (Å²) in [5.41, 5.74) is 3.18. The van der Waals surface area contributed by atoms with Gasteiger partial charge in [-0.3, -0.25) is 9.59 Å². The molecule has 0 saturated heterocycles. The van der Waals surface area contributed by atoms with Crippen molar-refractivity contribution in [3.8, 4) is 0 Å². The highest BCUT2D eigenvalue weighted by Crippen LogP contribution is 2.13. The first kappa shape index (κ1) is 15.8. The molecule has 0 heterocycles. The molecule has 0 aliphatic rings. The molecule has 2 N–H and O–H groups in total. The first-order valence-corrected chi connectivity index (χ1v) is 7.00. The summed E-state index contributed by atoms with van der Waals surface area (Å²) in [6.45, 7) is 0. The fourth-order valence-corrected chi connectivity index (χ4v) is 1.90. The quantitative estimate of drug-likeness (QED) is 0.500. The third kappa shape index (κ3) is 4.49. The van der Waals surface area contributed by atoms with Crippen molar-refractivity contribution in [2.75, 3.05) is 5.32 Å². The van der Waals surface area contributed by atoms with Gasteiger partial charge in [0.25, 0.3) is 0 Å². The number of carbonyl (C=O) groups excluding carboxylic acids is 2. The Bertz CT molecular complexity index is 717. The molecule has 0 radical (unpaired) electrons. The molecule has 5 nitrogen and oxygen atoms in total. The summed E-state index contributed by atoms with van der Waals surface area (Å²) in [5, 5.41) is 6.03. The molecule has 7 heteroatoms. The predicted octanol–water partition coefficient (Wildman–Crippen LogP) is 2.68. The van der Waals surface area contributed by atoms with Crippen molar-refractivity contribution < 1.29 is 14.0 Å². The van der Waals surface area contributed by atoms with Crippen molar-refractivity contribution in [3.63, 3.8) is 0 Å². The minimum atomic E-state index is -0.923. The van der Waals surface area contributed by atoms with Crippen molar-refractivity contribution in [1.82, 2.24) is 5.43 Å². The molecule has 0 aliphatic heterocycles. The Kier molecular flexibility index (Phi) is 5.37. The molecule has 0 atom stereocenters. The SMILES string of the molecule is O=C(N/N=C\c1ccccc1Br)C(=O)Nc1ccc(F)cc1. The van der Waals surface area contributed by atoms with Crippen LogP contribution in [0.25, 0.3) is 0 Å². The van der Waals surface area contributed by atoms with E-state index in [9.17, 15) is 14.0 Å². The van der Waals surface area contributed by atoms with Gasteiger partial charge in [-0.15, -0.1) is 0 Å². The fourth-order valence-electron chi connectivity index (χ4n) is 1.51. The molecule has 0 aliphatic carbocycles. The zero-order chi connectivity index (χ0) is 15.9. The molecule has 22 heavy (non-hydrogen) atoms. The van der Waals surface area contributed by atoms with Gasteiger partial charge in [0.15, 0.2) is 0 Å². The highest BCUT2D eigenvalue weighted by atomic mass is 79.9. The highest BCUT2D eigenvalue weighted by Gasteiger charge is 2.12. The molecule has 2 aromatic carbocycles. The van der Waals surface area contributed by atoms with Gasteiger partial charge in [-0.2, -0.15) is 5.10 Å². The Morgan fingerprint density at radius 1 is 1.05 bits per heavy atom. The van der Waals surface area contributed by atoms with E-state index >= 15 is 0 Å². The van der Waals surface area contributed by atoms with E-state index in [4.69, 9.17) is 0 Å². The number of hydrazone groups is 1. The third-order valence-electron chi connectivity index (χ3n) is 2.58. The van der Waals surface area contributed by atoms with Crippen molar-refractivity contribution in [2.45, 2.75) is 0 Å². The lowest BCUT2D eigenvalue weighted by Gasteiger charge is -2.03. The third-order valence-corrected chi connectivity index (χ3v) is 3.31. The van der Waals surface area contributed by atoms with E-state index in [0.29, 0.717) is 5.69 Å². The predicted molar refractivity (Wildman–Crippen MR) is 84.9 cm³/mol. The summed E-state index contributed by atoms with van der Waals surface area (Å²) >= 11 is 3.33. The first-order valence-electron chi connectivity index (χ1n) is 6.21. The second-order valence-electron chi connectivity index (χ2n) is 4.18. The second-order valence-corrected chi connectivity index (χ2v) is 5.04. The number of nitrogens with one attached hydrogen (secondary N) is 2. The molecule has 112 valence electrons.